The molecule has 0 aromatic rings. The van der Waals surface area contributed by atoms with Crippen LogP contribution in [0.15, 0.2) is 0 Å². The molecule has 0 spiro atoms. The highest BCUT2D eigenvalue weighted by Gasteiger charge is 2.31. The number of Topliss-reactive ketones (excluding diaryl/α,β-unsaturated/α-hetero) is 1. The molecule has 2 rings (SSSR count). The highest BCUT2D eigenvalue weighted by molar-refractivity contribution is 5.86. The normalized spacial score (nSPS) is 34.8. The van der Waals surface area contributed by atoms with Gasteiger partial charge in [0.05, 0.1) is 26.4 Å². The van der Waals surface area contributed by atoms with Crippen molar-refractivity contribution < 1.29 is 19.0 Å². The van der Waals surface area contributed by atoms with Crippen molar-refractivity contribution in [2.45, 2.75) is 12.5 Å². The van der Waals surface area contributed by atoms with Gasteiger partial charge in [0.15, 0.2) is 5.78 Å². The van der Waals surface area contributed by atoms with Gasteiger partial charge < -0.3 is 14.2 Å². The number of rotatable bonds is 2. The maximum absolute atomic E-state index is 11.7. The third-order valence-corrected chi connectivity index (χ3v) is 2.47. The van der Waals surface area contributed by atoms with Crippen LogP contribution in [0.5, 0.6) is 0 Å². The molecular formula is C9H14O4. The number of carbonyl (C=O) groups is 1. The van der Waals surface area contributed by atoms with Crippen LogP contribution in [0.2, 0.25) is 0 Å². The number of ether oxygens (including phenoxy) is 3. The van der Waals surface area contributed by atoms with Crippen molar-refractivity contribution in [1.82, 2.24) is 0 Å². The van der Waals surface area contributed by atoms with E-state index in [2.05, 4.69) is 0 Å². The minimum atomic E-state index is -0.347. The van der Waals surface area contributed by atoms with E-state index in [-0.39, 0.29) is 17.8 Å². The fourth-order valence-corrected chi connectivity index (χ4v) is 1.67. The summed E-state index contributed by atoms with van der Waals surface area (Å²) in [6.07, 6.45) is 0.485. The SMILES string of the molecule is O=C(C1CCOC1)C1COCCO1. The van der Waals surface area contributed by atoms with Crippen molar-refractivity contribution in [1.29, 1.82) is 0 Å². The molecule has 0 aliphatic carbocycles. The summed E-state index contributed by atoms with van der Waals surface area (Å²) in [4.78, 5) is 11.7. The quantitative estimate of drug-likeness (QED) is 0.609. The molecule has 2 heterocycles. The van der Waals surface area contributed by atoms with E-state index in [9.17, 15) is 4.79 Å². The Labute approximate surface area is 77.1 Å². The van der Waals surface area contributed by atoms with Gasteiger partial charge in [0.2, 0.25) is 0 Å². The van der Waals surface area contributed by atoms with Crippen LogP contribution in [0, 0.1) is 5.92 Å². The van der Waals surface area contributed by atoms with Gasteiger partial charge in [-0.2, -0.15) is 0 Å². The summed E-state index contributed by atoms with van der Waals surface area (Å²) < 4.78 is 15.7. The molecule has 0 amide bonds. The molecule has 0 N–H and O–H groups in total. The van der Waals surface area contributed by atoms with Crippen molar-refractivity contribution in [3.63, 3.8) is 0 Å². The third-order valence-electron chi connectivity index (χ3n) is 2.47. The molecule has 0 radical (unpaired) electrons. The van der Waals surface area contributed by atoms with E-state index in [0.29, 0.717) is 33.0 Å². The first-order chi connectivity index (χ1) is 6.38. The maximum Gasteiger partial charge on any atom is 0.169 e. The molecule has 2 aliphatic rings. The summed E-state index contributed by atoms with van der Waals surface area (Å²) in [5.41, 5.74) is 0. The van der Waals surface area contributed by atoms with Crippen LogP contribution in [0.4, 0.5) is 0 Å². The first-order valence-corrected chi connectivity index (χ1v) is 4.69. The van der Waals surface area contributed by atoms with Crippen LogP contribution in [-0.4, -0.2) is 44.9 Å². The molecule has 0 bridgehead atoms. The predicted octanol–water partition coefficient (Wildman–Crippen LogP) is 0.00740. The Bertz CT molecular complexity index is 180. The molecule has 2 fully saturated rings. The summed E-state index contributed by atoms with van der Waals surface area (Å²) in [5, 5.41) is 0. The lowest BCUT2D eigenvalue weighted by Gasteiger charge is -2.23. The maximum atomic E-state index is 11.7. The minimum Gasteiger partial charge on any atom is -0.381 e. The van der Waals surface area contributed by atoms with Crippen LogP contribution in [-0.2, 0) is 19.0 Å². The molecule has 74 valence electrons. The predicted molar refractivity (Wildman–Crippen MR) is 44.5 cm³/mol. The first-order valence-electron chi connectivity index (χ1n) is 4.69. The van der Waals surface area contributed by atoms with E-state index in [1.807, 2.05) is 0 Å². The molecule has 2 saturated heterocycles. The lowest BCUT2D eigenvalue weighted by atomic mass is 9.99. The molecule has 0 saturated carbocycles. The number of hydrogen-bond acceptors (Lipinski definition) is 4. The van der Waals surface area contributed by atoms with Gasteiger partial charge >= 0.3 is 0 Å². The van der Waals surface area contributed by atoms with Crippen LogP contribution in [0.25, 0.3) is 0 Å². The van der Waals surface area contributed by atoms with Crippen LogP contribution >= 0.6 is 0 Å². The van der Waals surface area contributed by atoms with Gasteiger partial charge in [0, 0.05) is 12.5 Å². The Kier molecular flexibility index (Phi) is 2.93. The zero-order chi connectivity index (χ0) is 9.10. The monoisotopic (exact) mass is 186 g/mol. The lowest BCUT2D eigenvalue weighted by molar-refractivity contribution is -0.149. The van der Waals surface area contributed by atoms with E-state index in [1.54, 1.807) is 0 Å². The summed E-state index contributed by atoms with van der Waals surface area (Å²) in [7, 11) is 0. The number of carbonyl (C=O) groups excluding carboxylic acids is 1. The average Bonchev–Trinajstić information content (AvgIpc) is 2.71. The average molecular weight is 186 g/mol. The van der Waals surface area contributed by atoms with Crippen molar-refractivity contribution in [2.75, 3.05) is 33.0 Å². The molecule has 2 atom stereocenters. The lowest BCUT2D eigenvalue weighted by Crippen LogP contribution is -2.39. The second kappa shape index (κ2) is 4.17. The standard InChI is InChI=1S/C9H14O4/c10-9(7-1-2-11-5-7)8-6-12-3-4-13-8/h7-8H,1-6H2. The first kappa shape index (κ1) is 9.12. The summed E-state index contributed by atoms with van der Waals surface area (Å²) in [6.45, 7) is 2.80. The second-order valence-electron chi connectivity index (χ2n) is 3.40. The Morgan fingerprint density at radius 2 is 1.92 bits per heavy atom. The smallest absolute Gasteiger partial charge is 0.169 e. The molecule has 0 aromatic heterocycles. The molecular weight excluding hydrogens is 172 g/mol. The van der Waals surface area contributed by atoms with Crippen molar-refractivity contribution in [2.24, 2.45) is 5.92 Å². The van der Waals surface area contributed by atoms with E-state index >= 15 is 0 Å². The fraction of sp³-hybridized carbons (Fsp3) is 0.889. The summed E-state index contributed by atoms with van der Waals surface area (Å²) in [6, 6.07) is 0. The molecule has 2 unspecified atom stereocenters. The van der Waals surface area contributed by atoms with Gasteiger partial charge in [0.1, 0.15) is 6.10 Å². The summed E-state index contributed by atoms with van der Waals surface area (Å²) >= 11 is 0. The molecule has 4 nitrogen and oxygen atoms in total. The van der Waals surface area contributed by atoms with Gasteiger partial charge in [-0.1, -0.05) is 0 Å². The zero-order valence-corrected chi connectivity index (χ0v) is 7.53. The summed E-state index contributed by atoms with van der Waals surface area (Å²) in [5.74, 6) is 0.184. The van der Waals surface area contributed by atoms with E-state index in [1.165, 1.54) is 0 Å². The van der Waals surface area contributed by atoms with Crippen LogP contribution < -0.4 is 0 Å². The molecule has 13 heavy (non-hydrogen) atoms. The van der Waals surface area contributed by atoms with Gasteiger partial charge in [-0.05, 0) is 6.42 Å². The highest BCUT2D eigenvalue weighted by Crippen LogP contribution is 2.17. The highest BCUT2D eigenvalue weighted by atomic mass is 16.6. The molecule has 2 aliphatic heterocycles. The van der Waals surface area contributed by atoms with Crippen LogP contribution in [0.3, 0.4) is 0 Å². The number of hydrogen-bond donors (Lipinski definition) is 0. The second-order valence-corrected chi connectivity index (χ2v) is 3.40. The zero-order valence-electron chi connectivity index (χ0n) is 7.53. The molecule has 0 aromatic carbocycles. The van der Waals surface area contributed by atoms with E-state index in [0.717, 1.165) is 6.42 Å². The third kappa shape index (κ3) is 2.07. The Morgan fingerprint density at radius 1 is 1.08 bits per heavy atom. The van der Waals surface area contributed by atoms with E-state index in [4.69, 9.17) is 14.2 Å². The van der Waals surface area contributed by atoms with Crippen LogP contribution in [0.1, 0.15) is 6.42 Å². The fourth-order valence-electron chi connectivity index (χ4n) is 1.67. The Morgan fingerprint density at radius 3 is 2.54 bits per heavy atom. The number of ketones is 1. The van der Waals surface area contributed by atoms with E-state index < -0.39 is 0 Å². The van der Waals surface area contributed by atoms with Gasteiger partial charge in [-0.25, -0.2) is 0 Å². The van der Waals surface area contributed by atoms with Gasteiger partial charge in [-0.15, -0.1) is 0 Å². The van der Waals surface area contributed by atoms with Crippen molar-refractivity contribution >= 4 is 5.78 Å². The Balaban J connectivity index is 1.87. The van der Waals surface area contributed by atoms with Gasteiger partial charge in [0.25, 0.3) is 0 Å². The largest absolute Gasteiger partial charge is 0.381 e. The Hall–Kier alpha value is -0.450. The van der Waals surface area contributed by atoms with Crippen molar-refractivity contribution in [3.8, 4) is 0 Å². The molecule has 4 heteroatoms. The topological polar surface area (TPSA) is 44.8 Å². The van der Waals surface area contributed by atoms with Crippen molar-refractivity contribution in [3.05, 3.63) is 0 Å². The van der Waals surface area contributed by atoms with Gasteiger partial charge in [-0.3, -0.25) is 4.79 Å². The minimum absolute atomic E-state index is 0.0340.